The van der Waals surface area contributed by atoms with Crippen LogP contribution in [0, 0.1) is 0 Å². The van der Waals surface area contributed by atoms with Crippen molar-refractivity contribution in [2.75, 3.05) is 0 Å². The van der Waals surface area contributed by atoms with Crippen molar-refractivity contribution in [3.8, 4) is 56.2 Å². The van der Waals surface area contributed by atoms with Crippen LogP contribution in [0.25, 0.3) is 76.3 Å². The summed E-state index contributed by atoms with van der Waals surface area (Å²) in [4.78, 5) is 10.7. The van der Waals surface area contributed by atoms with Crippen LogP contribution in [0.5, 0.6) is 0 Å². The van der Waals surface area contributed by atoms with Crippen molar-refractivity contribution in [2.45, 2.75) is 5.41 Å². The Hall–Kier alpha value is -6.94. The minimum atomic E-state index is -0.561. The van der Waals surface area contributed by atoms with Crippen LogP contribution in [-0.2, 0) is 5.41 Å². The van der Waals surface area contributed by atoms with Gasteiger partial charge in [-0.1, -0.05) is 176 Å². The summed E-state index contributed by atoms with van der Waals surface area (Å²) in [6.45, 7) is 0. The Balaban J connectivity index is 1.21. The second kappa shape index (κ2) is 13.1. The SMILES string of the molecule is c1ccc(-c2cc(-c3ccccc3)nc(-c3cccc4c3-c3cc(-c5ccc6sc7ccccc7c6c5)ccc3C4(c3ccccc3)c3ccccc3)n2)cc1. The summed E-state index contributed by atoms with van der Waals surface area (Å²) < 4.78 is 2.62. The fourth-order valence-electron chi connectivity index (χ4n) is 8.90. The van der Waals surface area contributed by atoms with Crippen LogP contribution < -0.4 is 0 Å². The van der Waals surface area contributed by atoms with E-state index in [2.05, 4.69) is 194 Å². The van der Waals surface area contributed by atoms with Crippen molar-refractivity contribution in [3.63, 3.8) is 0 Å². The van der Waals surface area contributed by atoms with Gasteiger partial charge in [0.25, 0.3) is 0 Å². The van der Waals surface area contributed by atoms with Crippen molar-refractivity contribution < 1.29 is 0 Å². The molecule has 2 nitrogen and oxygen atoms in total. The van der Waals surface area contributed by atoms with Gasteiger partial charge in [0.15, 0.2) is 5.82 Å². The molecule has 2 aromatic heterocycles. The maximum atomic E-state index is 5.37. The smallest absolute Gasteiger partial charge is 0.161 e. The highest BCUT2D eigenvalue weighted by Gasteiger charge is 2.47. The molecule has 3 heteroatoms. The average molecular weight is 731 g/mol. The van der Waals surface area contributed by atoms with E-state index in [-0.39, 0.29) is 0 Å². The molecule has 2 heterocycles. The zero-order valence-corrected chi connectivity index (χ0v) is 31.2. The van der Waals surface area contributed by atoms with Gasteiger partial charge >= 0.3 is 0 Å². The number of rotatable bonds is 6. The summed E-state index contributed by atoms with van der Waals surface area (Å²) in [7, 11) is 0. The summed E-state index contributed by atoms with van der Waals surface area (Å²) in [5.41, 5.74) is 14.1. The third kappa shape index (κ3) is 5.09. The summed E-state index contributed by atoms with van der Waals surface area (Å²) >= 11 is 1.86. The standard InChI is InChI=1S/C53H34N2S/c1-5-16-35(17-6-1)47-34-48(36-18-7-2-8-19-36)55-52(54-47)42-25-15-26-46-51(42)44-33-37(38-29-31-50-43(32-38)41-24-13-14-27-49(41)56-50)28-30-45(44)53(46,39-20-9-3-10-21-39)40-22-11-4-12-23-40/h1-34H. The number of thiophene rings is 1. The Kier molecular flexibility index (Phi) is 7.61. The van der Waals surface area contributed by atoms with E-state index in [9.17, 15) is 0 Å². The van der Waals surface area contributed by atoms with Crippen LogP contribution in [0.2, 0.25) is 0 Å². The van der Waals surface area contributed by atoms with Gasteiger partial charge in [0.05, 0.1) is 16.8 Å². The number of aromatic nitrogens is 2. The number of fused-ring (bicyclic) bond motifs is 6. The van der Waals surface area contributed by atoms with E-state index < -0.39 is 5.41 Å². The van der Waals surface area contributed by atoms with Gasteiger partial charge in [0.1, 0.15) is 0 Å². The van der Waals surface area contributed by atoms with Crippen molar-refractivity contribution in [3.05, 3.63) is 229 Å². The Morgan fingerprint density at radius 2 is 0.911 bits per heavy atom. The molecule has 0 bridgehead atoms. The maximum absolute atomic E-state index is 5.37. The first-order chi connectivity index (χ1) is 27.8. The number of hydrogen-bond acceptors (Lipinski definition) is 3. The second-order valence-electron chi connectivity index (χ2n) is 14.5. The van der Waals surface area contributed by atoms with E-state index in [0.717, 1.165) is 28.1 Å². The average Bonchev–Trinajstić information content (AvgIpc) is 3.81. The third-order valence-corrected chi connectivity index (χ3v) is 12.5. The van der Waals surface area contributed by atoms with E-state index in [1.54, 1.807) is 0 Å². The highest BCUT2D eigenvalue weighted by Crippen LogP contribution is 2.58. The van der Waals surface area contributed by atoms with E-state index in [0.29, 0.717) is 5.82 Å². The van der Waals surface area contributed by atoms with Crippen molar-refractivity contribution in [1.82, 2.24) is 9.97 Å². The highest BCUT2D eigenvalue weighted by atomic mass is 32.1. The zero-order chi connectivity index (χ0) is 37.1. The summed E-state index contributed by atoms with van der Waals surface area (Å²) in [5.74, 6) is 0.710. The lowest BCUT2D eigenvalue weighted by Gasteiger charge is -2.34. The van der Waals surface area contributed by atoms with Gasteiger partial charge in [-0.3, -0.25) is 0 Å². The molecule has 11 rings (SSSR count). The molecule has 0 fully saturated rings. The fourth-order valence-corrected chi connectivity index (χ4v) is 9.98. The molecule has 0 N–H and O–H groups in total. The number of nitrogens with zero attached hydrogens (tertiary/aromatic N) is 2. The Morgan fingerprint density at radius 3 is 1.57 bits per heavy atom. The highest BCUT2D eigenvalue weighted by molar-refractivity contribution is 7.25. The van der Waals surface area contributed by atoms with E-state index in [1.807, 2.05) is 23.5 Å². The molecule has 1 aliphatic rings. The molecule has 56 heavy (non-hydrogen) atoms. The van der Waals surface area contributed by atoms with E-state index in [1.165, 1.54) is 64.7 Å². The molecule has 0 atom stereocenters. The van der Waals surface area contributed by atoms with Gasteiger partial charge in [0, 0.05) is 36.9 Å². The van der Waals surface area contributed by atoms with Crippen LogP contribution >= 0.6 is 11.3 Å². The van der Waals surface area contributed by atoms with Crippen LogP contribution in [-0.4, -0.2) is 9.97 Å². The molecule has 1 aliphatic carbocycles. The van der Waals surface area contributed by atoms with Crippen LogP contribution in [0.3, 0.4) is 0 Å². The topological polar surface area (TPSA) is 25.8 Å². The predicted molar refractivity (Wildman–Crippen MR) is 234 cm³/mol. The van der Waals surface area contributed by atoms with Gasteiger partial charge < -0.3 is 0 Å². The monoisotopic (exact) mass is 730 g/mol. The lowest BCUT2D eigenvalue weighted by molar-refractivity contribution is 0.768. The van der Waals surface area contributed by atoms with Crippen molar-refractivity contribution in [2.24, 2.45) is 0 Å². The van der Waals surface area contributed by atoms with Crippen molar-refractivity contribution in [1.29, 1.82) is 0 Å². The Labute approximate surface area is 330 Å². The lowest BCUT2D eigenvalue weighted by Crippen LogP contribution is -2.28. The zero-order valence-electron chi connectivity index (χ0n) is 30.4. The molecule has 0 amide bonds. The summed E-state index contributed by atoms with van der Waals surface area (Å²) in [6.07, 6.45) is 0. The molecule has 262 valence electrons. The molecule has 0 unspecified atom stereocenters. The molecule has 0 radical (unpaired) electrons. The normalized spacial score (nSPS) is 12.8. The van der Waals surface area contributed by atoms with Crippen molar-refractivity contribution >= 4 is 31.5 Å². The van der Waals surface area contributed by atoms with Gasteiger partial charge in [-0.2, -0.15) is 0 Å². The first-order valence-electron chi connectivity index (χ1n) is 19.1. The minimum absolute atomic E-state index is 0.561. The molecule has 0 saturated carbocycles. The first-order valence-corrected chi connectivity index (χ1v) is 19.9. The number of benzene rings is 8. The molecular weight excluding hydrogens is 697 g/mol. The van der Waals surface area contributed by atoms with E-state index >= 15 is 0 Å². The molecule has 10 aromatic rings. The maximum Gasteiger partial charge on any atom is 0.161 e. The van der Waals surface area contributed by atoms with E-state index in [4.69, 9.17) is 9.97 Å². The predicted octanol–water partition coefficient (Wildman–Crippen LogP) is 13.9. The fraction of sp³-hybridized carbons (Fsp3) is 0.0189. The van der Waals surface area contributed by atoms with Crippen LogP contribution in [0.4, 0.5) is 0 Å². The minimum Gasteiger partial charge on any atom is -0.228 e. The van der Waals surface area contributed by atoms with Gasteiger partial charge in [-0.15, -0.1) is 11.3 Å². The summed E-state index contributed by atoms with van der Waals surface area (Å²) in [6, 6.07) is 74.5. The summed E-state index contributed by atoms with van der Waals surface area (Å²) in [5, 5.41) is 2.60. The quantitative estimate of drug-likeness (QED) is 0.170. The molecular formula is C53H34N2S. The number of hydrogen-bond donors (Lipinski definition) is 0. The third-order valence-electron chi connectivity index (χ3n) is 11.4. The first kappa shape index (κ1) is 32.5. The lowest BCUT2D eigenvalue weighted by atomic mass is 9.67. The van der Waals surface area contributed by atoms with Crippen LogP contribution in [0.1, 0.15) is 22.3 Å². The molecule has 8 aromatic carbocycles. The largest absolute Gasteiger partial charge is 0.228 e. The molecule has 0 aliphatic heterocycles. The molecule has 0 spiro atoms. The molecule has 0 saturated heterocycles. The van der Waals surface area contributed by atoms with Crippen LogP contribution in [0.15, 0.2) is 206 Å². The Bertz CT molecular complexity index is 2960. The van der Waals surface area contributed by atoms with Gasteiger partial charge in [-0.25, -0.2) is 9.97 Å². The second-order valence-corrected chi connectivity index (χ2v) is 15.6. The van der Waals surface area contributed by atoms with Gasteiger partial charge in [-0.05, 0) is 74.8 Å². The Morgan fingerprint density at radius 1 is 0.357 bits per heavy atom. The van der Waals surface area contributed by atoms with Gasteiger partial charge in [0.2, 0.25) is 0 Å².